The number of halogens is 1. The number of hydrogen-bond acceptors (Lipinski definition) is 6. The van der Waals surface area contributed by atoms with Crippen LogP contribution in [0.15, 0.2) is 48.0 Å². The summed E-state index contributed by atoms with van der Waals surface area (Å²) in [6.45, 7) is 7.15. The second-order valence-corrected chi connectivity index (χ2v) is 12.5. The zero-order valence-corrected chi connectivity index (χ0v) is 24.2. The van der Waals surface area contributed by atoms with Crippen LogP contribution >= 0.6 is 22.9 Å². The van der Waals surface area contributed by atoms with Gasteiger partial charge in [-0.15, -0.1) is 11.3 Å². The molecule has 1 aliphatic heterocycles. The molecule has 2 aromatic heterocycles. The molecule has 3 heterocycles. The van der Waals surface area contributed by atoms with E-state index in [1.807, 2.05) is 50.1 Å². The second kappa shape index (κ2) is 11.4. The quantitative estimate of drug-likeness (QED) is 0.311. The Hall–Kier alpha value is -2.74. The second-order valence-electron chi connectivity index (χ2n) is 11.2. The van der Waals surface area contributed by atoms with Gasteiger partial charge in [0.15, 0.2) is 0 Å². The van der Waals surface area contributed by atoms with E-state index in [1.165, 1.54) is 0 Å². The molecule has 6 nitrogen and oxygen atoms in total. The largest absolute Gasteiger partial charge is 0.462 e. The van der Waals surface area contributed by atoms with E-state index in [1.54, 1.807) is 17.4 Å². The summed E-state index contributed by atoms with van der Waals surface area (Å²) in [7, 11) is 0. The summed E-state index contributed by atoms with van der Waals surface area (Å²) in [6, 6.07) is 11.7. The van der Waals surface area contributed by atoms with Crippen LogP contribution in [0.25, 0.3) is 21.6 Å². The van der Waals surface area contributed by atoms with E-state index in [4.69, 9.17) is 16.3 Å². The number of rotatable bonds is 8. The van der Waals surface area contributed by atoms with Crippen molar-refractivity contribution in [3.63, 3.8) is 0 Å². The van der Waals surface area contributed by atoms with Gasteiger partial charge in [-0.3, -0.25) is 14.6 Å². The number of nitrogens with zero attached hydrogens (tertiary/aromatic N) is 2. The highest BCUT2D eigenvalue weighted by molar-refractivity contribution is 7.14. The van der Waals surface area contributed by atoms with Gasteiger partial charge >= 0.3 is 5.97 Å². The molecule has 0 spiro atoms. The van der Waals surface area contributed by atoms with E-state index < -0.39 is 0 Å². The average molecular weight is 567 g/mol. The molecule has 0 bridgehead atoms. The average Bonchev–Trinajstić information content (AvgIpc) is 3.61. The maximum absolute atomic E-state index is 13.2. The number of carbonyl (C=O) groups excluding carboxylic acids is 2. The van der Waals surface area contributed by atoms with Crippen LogP contribution in [0.4, 0.5) is 0 Å². The normalized spacial score (nSPS) is 17.7. The smallest absolute Gasteiger partial charge is 0.309 e. The summed E-state index contributed by atoms with van der Waals surface area (Å²) in [5, 5.41) is 12.4. The predicted molar refractivity (Wildman–Crippen MR) is 155 cm³/mol. The third kappa shape index (κ3) is 5.91. The minimum absolute atomic E-state index is 0.0575. The first kappa shape index (κ1) is 27.8. The van der Waals surface area contributed by atoms with E-state index in [2.05, 4.69) is 22.5 Å². The SMILES string of the molecule is CC(C)[C@H](C)C(=O)OC1CCN(C(=O)c2ccc(-c3cc(-c4ccnc(C5(CO)CC5)c4)cs3)c(Cl)c2)CC1. The van der Waals surface area contributed by atoms with Crippen molar-refractivity contribution in [2.75, 3.05) is 19.7 Å². The Morgan fingerprint density at radius 2 is 1.87 bits per heavy atom. The van der Waals surface area contributed by atoms with Crippen molar-refractivity contribution in [1.29, 1.82) is 0 Å². The third-order valence-corrected chi connectivity index (χ3v) is 9.53. The highest BCUT2D eigenvalue weighted by Crippen LogP contribution is 2.47. The Labute approximate surface area is 239 Å². The number of esters is 1. The molecule has 2 fully saturated rings. The van der Waals surface area contributed by atoms with Crippen molar-refractivity contribution >= 4 is 34.8 Å². The minimum Gasteiger partial charge on any atom is -0.462 e. The molecule has 1 N–H and O–H groups in total. The first-order chi connectivity index (χ1) is 18.7. The molecule has 1 aromatic carbocycles. The lowest BCUT2D eigenvalue weighted by molar-refractivity contribution is -0.156. The Bertz CT molecular complexity index is 1360. The van der Waals surface area contributed by atoms with Crippen LogP contribution in [0.5, 0.6) is 0 Å². The zero-order valence-electron chi connectivity index (χ0n) is 22.7. The summed E-state index contributed by atoms with van der Waals surface area (Å²) < 4.78 is 5.69. The highest BCUT2D eigenvalue weighted by Gasteiger charge is 2.45. The molecule has 2 aliphatic rings. The van der Waals surface area contributed by atoms with Crippen LogP contribution in [-0.4, -0.2) is 52.7 Å². The first-order valence-electron chi connectivity index (χ1n) is 13.7. The topological polar surface area (TPSA) is 79.7 Å². The molecule has 8 heteroatoms. The fraction of sp³-hybridized carbons (Fsp3) is 0.452. The Morgan fingerprint density at radius 1 is 1.13 bits per heavy atom. The van der Waals surface area contributed by atoms with Crippen LogP contribution in [0.3, 0.4) is 0 Å². The van der Waals surface area contributed by atoms with E-state index >= 15 is 0 Å². The molecule has 1 saturated carbocycles. The molecule has 206 valence electrons. The molecule has 1 amide bonds. The molecule has 1 saturated heterocycles. The van der Waals surface area contributed by atoms with Crippen molar-refractivity contribution in [3.05, 3.63) is 64.3 Å². The number of ether oxygens (including phenoxy) is 1. The van der Waals surface area contributed by atoms with Gasteiger partial charge in [0.2, 0.25) is 0 Å². The monoisotopic (exact) mass is 566 g/mol. The zero-order chi connectivity index (χ0) is 27.7. The van der Waals surface area contributed by atoms with Crippen molar-refractivity contribution < 1.29 is 19.4 Å². The molecular formula is C31H35ClN2O4S. The Kier molecular flexibility index (Phi) is 8.13. The molecule has 1 atom stereocenters. The number of benzene rings is 1. The lowest BCUT2D eigenvalue weighted by Crippen LogP contribution is -2.42. The van der Waals surface area contributed by atoms with E-state index in [-0.39, 0.29) is 41.8 Å². The number of carbonyl (C=O) groups is 2. The van der Waals surface area contributed by atoms with Gasteiger partial charge in [0.1, 0.15) is 6.10 Å². The molecule has 1 aliphatic carbocycles. The van der Waals surface area contributed by atoms with Crippen molar-refractivity contribution in [3.8, 4) is 21.6 Å². The highest BCUT2D eigenvalue weighted by atomic mass is 35.5. The van der Waals surface area contributed by atoms with Crippen LogP contribution in [0, 0.1) is 11.8 Å². The fourth-order valence-electron chi connectivity index (χ4n) is 4.93. The van der Waals surface area contributed by atoms with E-state index in [9.17, 15) is 14.7 Å². The van der Waals surface area contributed by atoms with Gasteiger partial charge in [-0.2, -0.15) is 0 Å². The summed E-state index contributed by atoms with van der Waals surface area (Å²) in [5.41, 5.74) is 4.36. The fourth-order valence-corrected chi connectivity index (χ4v) is 6.22. The van der Waals surface area contributed by atoms with Gasteiger partial charge in [-0.05, 0) is 65.6 Å². The van der Waals surface area contributed by atoms with Crippen LogP contribution in [0.2, 0.25) is 5.02 Å². The van der Waals surface area contributed by atoms with Gasteiger partial charge in [0.25, 0.3) is 5.91 Å². The molecular weight excluding hydrogens is 532 g/mol. The maximum Gasteiger partial charge on any atom is 0.309 e. The summed E-state index contributed by atoms with van der Waals surface area (Å²) >= 11 is 8.30. The molecule has 39 heavy (non-hydrogen) atoms. The number of likely N-dealkylation sites (tertiary alicyclic amines) is 1. The molecule has 0 unspecified atom stereocenters. The summed E-state index contributed by atoms with van der Waals surface area (Å²) in [5.74, 6) is -0.107. The summed E-state index contributed by atoms with van der Waals surface area (Å²) in [6.07, 6.45) is 4.89. The van der Waals surface area contributed by atoms with Crippen molar-refractivity contribution in [2.24, 2.45) is 11.8 Å². The van der Waals surface area contributed by atoms with Gasteiger partial charge < -0.3 is 14.7 Å². The van der Waals surface area contributed by atoms with Gasteiger partial charge in [-0.25, -0.2) is 0 Å². The lowest BCUT2D eigenvalue weighted by atomic mass is 9.98. The molecule has 3 aromatic rings. The number of aliphatic hydroxyl groups excluding tert-OH is 1. The number of amides is 1. The summed E-state index contributed by atoms with van der Waals surface area (Å²) in [4.78, 5) is 32.8. The molecule has 5 rings (SSSR count). The van der Waals surface area contributed by atoms with Crippen LogP contribution in [-0.2, 0) is 14.9 Å². The predicted octanol–water partition coefficient (Wildman–Crippen LogP) is 6.59. The third-order valence-electron chi connectivity index (χ3n) is 8.26. The van der Waals surface area contributed by atoms with Crippen LogP contribution < -0.4 is 0 Å². The number of thiophene rings is 1. The Balaban J connectivity index is 1.23. The number of hydrogen-bond donors (Lipinski definition) is 1. The number of aromatic nitrogens is 1. The van der Waals surface area contributed by atoms with Gasteiger partial charge in [0, 0.05) is 59.2 Å². The van der Waals surface area contributed by atoms with Crippen LogP contribution in [0.1, 0.15) is 62.5 Å². The van der Waals surface area contributed by atoms with Gasteiger partial charge in [0.05, 0.1) is 17.5 Å². The standard InChI is InChI=1S/C31H35ClN2O4S/c1-19(2)20(3)30(37)38-24-7-12-34(13-8-24)29(36)22-4-5-25(26(32)14-22)27-15-23(17-39-27)21-6-11-33-28(16-21)31(18-35)9-10-31/h4-6,11,14-17,19-20,24,35H,7-10,12-13,18H2,1-3H3/t20-/m0/s1. The van der Waals surface area contributed by atoms with E-state index in [0.717, 1.165) is 40.1 Å². The lowest BCUT2D eigenvalue weighted by Gasteiger charge is -2.32. The molecule has 0 radical (unpaired) electrons. The van der Waals surface area contributed by atoms with Crippen molar-refractivity contribution in [1.82, 2.24) is 9.88 Å². The number of pyridine rings is 1. The van der Waals surface area contributed by atoms with Gasteiger partial charge in [-0.1, -0.05) is 38.4 Å². The maximum atomic E-state index is 13.2. The van der Waals surface area contributed by atoms with Crippen molar-refractivity contribution in [2.45, 2.75) is 58.0 Å². The first-order valence-corrected chi connectivity index (χ1v) is 14.9. The minimum atomic E-state index is -0.174. The number of aliphatic hydroxyl groups is 1. The number of piperidine rings is 1. The Morgan fingerprint density at radius 3 is 2.51 bits per heavy atom. The van der Waals surface area contributed by atoms with E-state index in [0.29, 0.717) is 36.5 Å².